The molecular weight excluding hydrogens is 1350 g/mol. The van der Waals surface area contributed by atoms with Gasteiger partial charge in [0.15, 0.2) is 0 Å². The van der Waals surface area contributed by atoms with Crippen LogP contribution in [0.15, 0.2) is 164 Å². The average molecular weight is 1400 g/mol. The number of hydrogen-bond donors (Lipinski definition) is 5. The summed E-state index contributed by atoms with van der Waals surface area (Å²) in [6, 6.07) is 46.0. The summed E-state index contributed by atoms with van der Waals surface area (Å²) >= 11 is 29.5. The van der Waals surface area contributed by atoms with Crippen molar-refractivity contribution in [3.63, 3.8) is 0 Å². The van der Waals surface area contributed by atoms with Crippen LogP contribution in [-0.4, -0.2) is 44.9 Å². The first-order chi connectivity index (χ1) is 44.6. The summed E-state index contributed by atoms with van der Waals surface area (Å²) < 4.78 is 115. The third-order valence-electron chi connectivity index (χ3n) is 14.1. The van der Waals surface area contributed by atoms with Gasteiger partial charge in [0.05, 0.1) is 33.6 Å². The predicted molar refractivity (Wildman–Crippen MR) is 360 cm³/mol. The fourth-order valence-corrected chi connectivity index (χ4v) is 10.7. The highest BCUT2D eigenvalue weighted by Crippen LogP contribution is 2.39. The van der Waals surface area contributed by atoms with Crippen molar-refractivity contribution in [3.8, 4) is 33.8 Å². The molecule has 6 heterocycles. The molecule has 0 spiro atoms. The minimum atomic E-state index is -4.62. The number of fused-ring (bicyclic) bond motifs is 3. The quantitative estimate of drug-likeness (QED) is 0.0489. The molecule has 490 valence electrons. The maximum atomic E-state index is 13.4. The first-order valence-corrected chi connectivity index (χ1v) is 29.7. The van der Waals surface area contributed by atoms with Crippen molar-refractivity contribution in [1.29, 1.82) is 0 Å². The van der Waals surface area contributed by atoms with Crippen LogP contribution >= 0.6 is 58.0 Å². The van der Waals surface area contributed by atoms with Crippen LogP contribution in [0.3, 0.4) is 0 Å². The van der Waals surface area contributed by atoms with Crippen molar-refractivity contribution in [2.75, 3.05) is 22.1 Å². The number of anilines is 4. The molecule has 12 rings (SSSR count). The first-order valence-electron chi connectivity index (χ1n) is 27.8. The highest BCUT2D eigenvalue weighted by atomic mass is 35.5. The number of aromatic nitrogens is 9. The van der Waals surface area contributed by atoms with Gasteiger partial charge >= 0.3 is 18.5 Å². The highest BCUT2D eigenvalue weighted by molar-refractivity contribution is 6.34. The van der Waals surface area contributed by atoms with E-state index in [4.69, 9.17) is 90.2 Å². The van der Waals surface area contributed by atoms with Gasteiger partial charge in [0, 0.05) is 86.1 Å². The number of nitrogen functional groups attached to an aromatic ring is 2. The lowest BCUT2D eigenvalue weighted by Gasteiger charge is -2.16. The Morgan fingerprint density at radius 2 is 0.811 bits per heavy atom. The maximum Gasteiger partial charge on any atom is 0.421 e. The Morgan fingerprint density at radius 1 is 0.421 bits per heavy atom. The number of hydrogen-bond acceptors (Lipinski definition) is 14. The zero-order chi connectivity index (χ0) is 67.8. The van der Waals surface area contributed by atoms with Crippen LogP contribution in [0.5, 0.6) is 0 Å². The van der Waals surface area contributed by atoms with Gasteiger partial charge in [-0.1, -0.05) is 163 Å². The van der Waals surface area contributed by atoms with E-state index >= 15 is 0 Å². The van der Waals surface area contributed by atoms with Gasteiger partial charge in [0.1, 0.15) is 33.5 Å². The molecule has 0 unspecified atom stereocenters. The molecule has 6 aromatic carbocycles. The summed E-state index contributed by atoms with van der Waals surface area (Å²) in [4.78, 5) is 35.4. The number of alkyl halides is 9. The van der Waals surface area contributed by atoms with E-state index in [1.54, 1.807) is 18.2 Å². The fourth-order valence-electron chi connectivity index (χ4n) is 9.58. The molecular formula is C67H54Cl5F9N14. The number of para-hydroxylation sites is 3. The lowest BCUT2D eigenvalue weighted by Crippen LogP contribution is -2.15. The van der Waals surface area contributed by atoms with E-state index in [-0.39, 0.29) is 37.7 Å². The number of halogens is 14. The number of aryl methyl sites for hydroxylation is 3. The Morgan fingerprint density at radius 3 is 1.21 bits per heavy atom. The van der Waals surface area contributed by atoms with Gasteiger partial charge < -0.3 is 27.8 Å². The van der Waals surface area contributed by atoms with Crippen LogP contribution in [-0.2, 0) is 38.2 Å². The molecule has 0 saturated heterocycles. The molecule has 0 aliphatic rings. The van der Waals surface area contributed by atoms with Crippen LogP contribution in [0.1, 0.15) is 57.5 Å². The standard InChI is InChI=1S/2C22H17ClF3N5.C17H15ClN2.C5HCl2F3N2.CH4/c1-12-5-4-6-13-9-14(19(30-18(12)13)15-7-2-3-8-17(15)23)10-28-20-16(22(24,25)26)11-29-21(27)31-20;1-12-5-4-6-13-9-14(19(30-18(12)13)15-7-2-3-8-17(15)23)10-28-21-29-11-16(20(27)31-21)22(24,25)26;1-11-5-4-6-12-9-13(10-19)17(20-16(11)12)14-7-2-3-8-15(14)18;6-3-2(5(8,9)10)1-11-4(7)12-3;/h2*2-9,11H,10H2,1H3,(H3,27,28,29,31);2-9H,10,19H2,1H3;1H;1H4. The van der Waals surface area contributed by atoms with Gasteiger partial charge in [-0.15, -0.1) is 0 Å². The van der Waals surface area contributed by atoms with E-state index in [2.05, 4.69) is 65.7 Å². The summed E-state index contributed by atoms with van der Waals surface area (Å²) in [5, 5.41) is 9.32. The fraction of sp³-hybridized carbons (Fsp3) is 0.149. The summed E-state index contributed by atoms with van der Waals surface area (Å²) in [6.45, 7) is 6.66. The third kappa shape index (κ3) is 17.4. The number of nitrogens with two attached hydrogens (primary N) is 3. The largest absolute Gasteiger partial charge is 0.421 e. The average Bonchev–Trinajstić information content (AvgIpc) is 0.796. The Bertz CT molecular complexity index is 4750. The zero-order valence-electron chi connectivity index (χ0n) is 49.3. The number of nitrogens with zero attached hydrogens (tertiary/aromatic N) is 9. The minimum absolute atomic E-state index is 0. The van der Waals surface area contributed by atoms with Crippen LogP contribution in [0.25, 0.3) is 66.5 Å². The molecule has 28 heteroatoms. The Hall–Kier alpha value is -9.23. The molecule has 0 fully saturated rings. The normalized spacial score (nSPS) is 11.4. The summed E-state index contributed by atoms with van der Waals surface area (Å²) in [7, 11) is 0. The van der Waals surface area contributed by atoms with Crippen LogP contribution in [0.4, 0.5) is 63.0 Å². The lowest BCUT2D eigenvalue weighted by atomic mass is 10.0. The molecule has 0 saturated carbocycles. The van der Waals surface area contributed by atoms with Crippen molar-refractivity contribution in [2.45, 2.75) is 66.4 Å². The molecule has 0 atom stereocenters. The molecule has 0 aliphatic heterocycles. The summed E-state index contributed by atoms with van der Waals surface area (Å²) in [5.41, 5.74) is 26.4. The van der Waals surface area contributed by atoms with E-state index < -0.39 is 52.0 Å². The topological polar surface area (TPSA) is 218 Å². The molecule has 14 nitrogen and oxygen atoms in total. The van der Waals surface area contributed by atoms with Crippen molar-refractivity contribution >= 4 is 114 Å². The molecule has 12 aromatic rings. The number of rotatable bonds is 10. The second-order valence-electron chi connectivity index (χ2n) is 20.6. The third-order valence-corrected chi connectivity index (χ3v) is 15.6. The van der Waals surface area contributed by atoms with Crippen molar-refractivity contribution < 1.29 is 39.5 Å². The van der Waals surface area contributed by atoms with Gasteiger partial charge in [-0.2, -0.15) is 49.5 Å². The Kier molecular flexibility index (Phi) is 23.0. The van der Waals surface area contributed by atoms with E-state index in [1.165, 1.54) is 0 Å². The zero-order valence-corrected chi connectivity index (χ0v) is 53.0. The van der Waals surface area contributed by atoms with Crippen LogP contribution in [0, 0.1) is 20.8 Å². The molecule has 0 bridgehead atoms. The van der Waals surface area contributed by atoms with Gasteiger partial charge in [-0.25, -0.2) is 34.9 Å². The second-order valence-corrected chi connectivity index (χ2v) is 22.5. The molecule has 0 amide bonds. The van der Waals surface area contributed by atoms with Gasteiger partial charge in [0.25, 0.3) is 0 Å². The van der Waals surface area contributed by atoms with E-state index in [0.29, 0.717) is 62.7 Å². The van der Waals surface area contributed by atoms with E-state index in [9.17, 15) is 39.5 Å². The predicted octanol–water partition coefficient (Wildman–Crippen LogP) is 19.5. The smallest absolute Gasteiger partial charge is 0.383 e. The number of nitrogens with one attached hydrogen (secondary N) is 2. The Balaban J connectivity index is 0.000000170. The first kappa shape index (κ1) is 71.6. The van der Waals surface area contributed by atoms with E-state index in [1.807, 2.05) is 123 Å². The molecule has 0 radical (unpaired) electrons. The molecule has 0 aliphatic carbocycles. The second kappa shape index (κ2) is 30.5. The number of benzene rings is 6. The molecule has 6 aromatic heterocycles. The van der Waals surface area contributed by atoms with Gasteiger partial charge in [-0.3, -0.25) is 0 Å². The lowest BCUT2D eigenvalue weighted by molar-refractivity contribution is -0.138. The van der Waals surface area contributed by atoms with Crippen LogP contribution in [0.2, 0.25) is 25.5 Å². The Labute approximate surface area is 563 Å². The monoisotopic (exact) mass is 1400 g/mol. The number of pyridine rings is 3. The maximum absolute atomic E-state index is 13.4. The van der Waals surface area contributed by atoms with Crippen molar-refractivity contribution in [1.82, 2.24) is 44.9 Å². The van der Waals surface area contributed by atoms with Crippen molar-refractivity contribution in [3.05, 3.63) is 240 Å². The van der Waals surface area contributed by atoms with Crippen LogP contribution < -0.4 is 27.8 Å². The van der Waals surface area contributed by atoms with E-state index in [0.717, 1.165) is 77.3 Å². The van der Waals surface area contributed by atoms with Crippen molar-refractivity contribution in [2.24, 2.45) is 5.73 Å². The minimum Gasteiger partial charge on any atom is -0.383 e. The summed E-state index contributed by atoms with van der Waals surface area (Å²) in [5.74, 6) is -1.30. The SMILES string of the molecule is C.Cc1cccc2cc(CN)c(-c3ccccc3Cl)nc12.Cc1cccc2cc(CNc3nc(N)ncc3C(F)(F)F)c(-c3ccccc3Cl)nc12.Cc1cccc2cc(CNc3ncc(C(F)(F)F)c(N)n3)c(-c3ccccc3Cl)nc12.FC(F)(F)c1cnc(Cl)nc1Cl. The summed E-state index contributed by atoms with van der Waals surface area (Å²) in [6.07, 6.45) is -11.9. The molecule has 95 heavy (non-hydrogen) atoms. The van der Waals surface area contributed by atoms with Gasteiger partial charge in [-0.05, 0) is 102 Å². The molecule has 8 N–H and O–H groups in total. The highest BCUT2D eigenvalue weighted by Gasteiger charge is 2.37. The van der Waals surface area contributed by atoms with Gasteiger partial charge in [0.2, 0.25) is 17.2 Å².